The summed E-state index contributed by atoms with van der Waals surface area (Å²) in [5.41, 5.74) is 1.18. The van der Waals surface area contributed by atoms with Gasteiger partial charge in [0.2, 0.25) is 11.8 Å². The molecule has 134 valence electrons. The molecule has 7 nitrogen and oxygen atoms in total. The number of hydrogen-bond donors (Lipinski definition) is 2. The summed E-state index contributed by atoms with van der Waals surface area (Å²) in [5.74, 6) is -0.137. The van der Waals surface area contributed by atoms with E-state index >= 15 is 0 Å². The van der Waals surface area contributed by atoms with Crippen LogP contribution >= 0.6 is 0 Å². The topological polar surface area (TPSA) is 81.8 Å². The van der Waals surface area contributed by atoms with Gasteiger partial charge < -0.3 is 15.5 Å². The lowest BCUT2D eigenvalue weighted by Gasteiger charge is -2.34. The highest BCUT2D eigenvalue weighted by atomic mass is 16.2. The summed E-state index contributed by atoms with van der Waals surface area (Å²) in [7, 11) is 0. The number of rotatable bonds is 5. The summed E-state index contributed by atoms with van der Waals surface area (Å²) in [6.45, 7) is 4.41. The predicted octanol–water partition coefficient (Wildman–Crippen LogP) is 0.681. The van der Waals surface area contributed by atoms with Gasteiger partial charge in [-0.05, 0) is 31.0 Å². The molecule has 0 atom stereocenters. The Balaban J connectivity index is 1.50. The first-order valence-corrected chi connectivity index (χ1v) is 8.70. The fraction of sp³-hybridized carbons (Fsp3) is 0.500. The van der Waals surface area contributed by atoms with Gasteiger partial charge in [0.1, 0.15) is 0 Å². The van der Waals surface area contributed by atoms with Gasteiger partial charge in [-0.3, -0.25) is 19.3 Å². The molecule has 2 aliphatic rings. The molecule has 0 bridgehead atoms. The fourth-order valence-corrected chi connectivity index (χ4v) is 2.93. The summed E-state index contributed by atoms with van der Waals surface area (Å²) in [6, 6.07) is 7.35. The van der Waals surface area contributed by atoms with Crippen LogP contribution in [0.25, 0.3) is 0 Å². The van der Waals surface area contributed by atoms with Crippen LogP contribution in [0.3, 0.4) is 0 Å². The summed E-state index contributed by atoms with van der Waals surface area (Å²) >= 11 is 0. The van der Waals surface area contributed by atoms with Crippen molar-refractivity contribution in [1.82, 2.24) is 15.1 Å². The van der Waals surface area contributed by atoms with Gasteiger partial charge in [-0.2, -0.15) is 0 Å². The number of carbonyl (C=O) groups excluding carboxylic acids is 3. The predicted molar refractivity (Wildman–Crippen MR) is 94.3 cm³/mol. The normalized spacial score (nSPS) is 17.9. The summed E-state index contributed by atoms with van der Waals surface area (Å²) in [4.78, 5) is 39.5. The molecular formula is C18H24N4O3. The van der Waals surface area contributed by atoms with Crippen LogP contribution in [-0.4, -0.2) is 66.3 Å². The molecule has 0 radical (unpaired) electrons. The lowest BCUT2D eigenvalue weighted by molar-refractivity contribution is -0.122. The summed E-state index contributed by atoms with van der Waals surface area (Å²) in [6.07, 6.45) is 2.18. The maximum absolute atomic E-state index is 12.6. The Morgan fingerprint density at radius 3 is 2.48 bits per heavy atom. The lowest BCUT2D eigenvalue weighted by Crippen LogP contribution is -2.51. The highest BCUT2D eigenvalue weighted by molar-refractivity contribution is 5.96. The molecule has 1 saturated heterocycles. The van der Waals surface area contributed by atoms with Crippen LogP contribution in [-0.2, 0) is 9.59 Å². The van der Waals surface area contributed by atoms with Crippen LogP contribution < -0.4 is 10.6 Å². The quantitative estimate of drug-likeness (QED) is 0.823. The Kier molecular flexibility index (Phi) is 5.33. The van der Waals surface area contributed by atoms with Crippen molar-refractivity contribution in [2.24, 2.45) is 0 Å². The molecule has 3 rings (SSSR count). The molecule has 1 heterocycles. The molecule has 0 spiro atoms. The van der Waals surface area contributed by atoms with Crippen molar-refractivity contribution in [3.8, 4) is 0 Å². The molecular weight excluding hydrogens is 320 g/mol. The standard InChI is InChI=1S/C18H24N4O3/c1-13(23)19-16-4-2-3-14(11-16)18(25)22-9-7-21(8-10-22)12-17(24)20-15-5-6-15/h2-4,11,15H,5-10,12H2,1H3,(H,19,23)(H,20,24). The van der Waals surface area contributed by atoms with Gasteiger partial charge in [-0.15, -0.1) is 0 Å². The van der Waals surface area contributed by atoms with Crippen molar-refractivity contribution >= 4 is 23.4 Å². The first kappa shape index (κ1) is 17.4. The van der Waals surface area contributed by atoms with Crippen LogP contribution in [0.1, 0.15) is 30.1 Å². The monoisotopic (exact) mass is 344 g/mol. The molecule has 3 amide bonds. The second-order valence-electron chi connectivity index (χ2n) is 6.67. The van der Waals surface area contributed by atoms with Crippen molar-refractivity contribution in [3.63, 3.8) is 0 Å². The average Bonchev–Trinajstić information content (AvgIpc) is 3.38. The van der Waals surface area contributed by atoms with Crippen LogP contribution in [0.5, 0.6) is 0 Å². The first-order chi connectivity index (χ1) is 12.0. The van der Waals surface area contributed by atoms with E-state index < -0.39 is 0 Å². The summed E-state index contributed by atoms with van der Waals surface area (Å²) < 4.78 is 0. The van der Waals surface area contributed by atoms with Gasteiger partial charge in [-0.1, -0.05) is 6.07 Å². The third-order valence-electron chi connectivity index (χ3n) is 4.40. The van der Waals surface area contributed by atoms with E-state index in [2.05, 4.69) is 15.5 Å². The average molecular weight is 344 g/mol. The second kappa shape index (κ2) is 7.65. The van der Waals surface area contributed by atoms with E-state index in [1.54, 1.807) is 29.2 Å². The number of carbonyl (C=O) groups is 3. The van der Waals surface area contributed by atoms with Crippen molar-refractivity contribution in [3.05, 3.63) is 29.8 Å². The van der Waals surface area contributed by atoms with E-state index in [0.717, 1.165) is 12.8 Å². The Labute approximate surface area is 147 Å². The Bertz CT molecular complexity index is 664. The highest BCUT2D eigenvalue weighted by Crippen LogP contribution is 2.18. The van der Waals surface area contributed by atoms with E-state index in [1.165, 1.54) is 6.92 Å². The maximum Gasteiger partial charge on any atom is 0.254 e. The molecule has 0 unspecified atom stereocenters. The molecule has 25 heavy (non-hydrogen) atoms. The van der Waals surface area contributed by atoms with E-state index in [-0.39, 0.29) is 17.7 Å². The number of amides is 3. The molecule has 1 aliphatic heterocycles. The first-order valence-electron chi connectivity index (χ1n) is 8.70. The van der Waals surface area contributed by atoms with Crippen LogP contribution in [0, 0.1) is 0 Å². The number of nitrogens with one attached hydrogen (secondary N) is 2. The minimum Gasteiger partial charge on any atom is -0.352 e. The molecule has 7 heteroatoms. The molecule has 1 saturated carbocycles. The second-order valence-corrected chi connectivity index (χ2v) is 6.67. The molecule has 0 aromatic heterocycles. The number of benzene rings is 1. The van der Waals surface area contributed by atoms with Crippen molar-refractivity contribution in [2.45, 2.75) is 25.8 Å². The Morgan fingerprint density at radius 2 is 1.84 bits per heavy atom. The third kappa shape index (κ3) is 5.03. The van der Waals surface area contributed by atoms with Gasteiger partial charge in [0.05, 0.1) is 6.54 Å². The summed E-state index contributed by atoms with van der Waals surface area (Å²) in [5, 5.41) is 5.68. The number of anilines is 1. The fourth-order valence-electron chi connectivity index (χ4n) is 2.93. The Morgan fingerprint density at radius 1 is 1.12 bits per heavy atom. The molecule has 2 N–H and O–H groups in total. The minimum absolute atomic E-state index is 0.0470. The number of hydrogen-bond acceptors (Lipinski definition) is 4. The van der Waals surface area contributed by atoms with Gasteiger partial charge >= 0.3 is 0 Å². The van der Waals surface area contributed by atoms with Gasteiger partial charge in [-0.25, -0.2) is 0 Å². The van der Waals surface area contributed by atoms with Crippen molar-refractivity contribution in [2.75, 3.05) is 38.0 Å². The molecule has 1 aliphatic carbocycles. The molecule has 1 aromatic rings. The number of nitrogens with zero attached hydrogens (tertiary/aromatic N) is 2. The number of piperazine rings is 1. The van der Waals surface area contributed by atoms with Gasteiger partial charge in [0.25, 0.3) is 5.91 Å². The largest absolute Gasteiger partial charge is 0.352 e. The smallest absolute Gasteiger partial charge is 0.254 e. The van der Waals surface area contributed by atoms with E-state index in [4.69, 9.17) is 0 Å². The zero-order valence-corrected chi connectivity index (χ0v) is 14.5. The van der Waals surface area contributed by atoms with Crippen LogP contribution in [0.2, 0.25) is 0 Å². The lowest BCUT2D eigenvalue weighted by atomic mass is 10.1. The van der Waals surface area contributed by atoms with Crippen LogP contribution in [0.4, 0.5) is 5.69 Å². The highest BCUT2D eigenvalue weighted by Gasteiger charge is 2.26. The zero-order valence-electron chi connectivity index (χ0n) is 14.5. The van der Waals surface area contributed by atoms with Crippen LogP contribution in [0.15, 0.2) is 24.3 Å². The zero-order chi connectivity index (χ0) is 17.8. The van der Waals surface area contributed by atoms with E-state index in [1.807, 2.05) is 0 Å². The SMILES string of the molecule is CC(=O)Nc1cccc(C(=O)N2CCN(CC(=O)NC3CC3)CC2)c1. The van der Waals surface area contributed by atoms with Crippen molar-refractivity contribution in [1.29, 1.82) is 0 Å². The maximum atomic E-state index is 12.6. The molecule has 2 fully saturated rings. The molecule has 1 aromatic carbocycles. The third-order valence-corrected chi connectivity index (χ3v) is 4.40. The van der Waals surface area contributed by atoms with Gasteiger partial charge in [0.15, 0.2) is 0 Å². The van der Waals surface area contributed by atoms with E-state index in [0.29, 0.717) is 50.0 Å². The van der Waals surface area contributed by atoms with Crippen molar-refractivity contribution < 1.29 is 14.4 Å². The Hall–Kier alpha value is -2.41. The van der Waals surface area contributed by atoms with Gasteiger partial charge in [0, 0.05) is 50.4 Å². The minimum atomic E-state index is -0.164. The van der Waals surface area contributed by atoms with E-state index in [9.17, 15) is 14.4 Å².